The molecule has 0 fully saturated rings. The summed E-state index contributed by atoms with van der Waals surface area (Å²) in [6.45, 7) is 8.43. The van der Waals surface area contributed by atoms with E-state index >= 15 is 0 Å². The maximum Gasteiger partial charge on any atom is 0.141 e. The van der Waals surface area contributed by atoms with E-state index in [1.807, 2.05) is 19.2 Å². The first kappa shape index (κ1) is 9.19. The van der Waals surface area contributed by atoms with Crippen LogP contribution in [0.3, 0.4) is 0 Å². The van der Waals surface area contributed by atoms with Crippen molar-refractivity contribution in [3.8, 4) is 0 Å². The standard InChI is InChI=1S/C11H15N3/c1-7-13-9(11(2,3)4)8-5-6-12-10(8)14-7/h5-6H,1-4H3,(H,12,13,14). The second-order valence-corrected chi connectivity index (χ2v) is 4.61. The molecule has 2 rings (SSSR count). The van der Waals surface area contributed by atoms with Crippen LogP contribution in [-0.2, 0) is 5.41 Å². The molecule has 0 atom stereocenters. The number of H-pyrrole nitrogens is 1. The number of nitrogens with zero attached hydrogens (tertiary/aromatic N) is 2. The van der Waals surface area contributed by atoms with Gasteiger partial charge in [-0.1, -0.05) is 20.8 Å². The van der Waals surface area contributed by atoms with E-state index in [9.17, 15) is 0 Å². The van der Waals surface area contributed by atoms with Crippen molar-refractivity contribution in [1.82, 2.24) is 15.0 Å². The molecule has 74 valence electrons. The van der Waals surface area contributed by atoms with Gasteiger partial charge in [-0.3, -0.25) is 0 Å². The zero-order valence-electron chi connectivity index (χ0n) is 9.05. The lowest BCUT2D eigenvalue weighted by Crippen LogP contribution is -2.15. The Hall–Kier alpha value is -1.38. The minimum Gasteiger partial charge on any atom is -0.346 e. The molecule has 0 radical (unpaired) electrons. The molecule has 3 heteroatoms. The van der Waals surface area contributed by atoms with E-state index < -0.39 is 0 Å². The van der Waals surface area contributed by atoms with E-state index in [0.717, 1.165) is 22.6 Å². The Labute approximate surface area is 83.6 Å². The van der Waals surface area contributed by atoms with Crippen molar-refractivity contribution >= 4 is 11.0 Å². The average Bonchev–Trinajstić information content (AvgIpc) is 2.47. The molecule has 1 N–H and O–H groups in total. The fourth-order valence-electron chi connectivity index (χ4n) is 1.62. The van der Waals surface area contributed by atoms with Gasteiger partial charge in [-0.05, 0) is 13.0 Å². The van der Waals surface area contributed by atoms with Crippen molar-refractivity contribution in [2.24, 2.45) is 0 Å². The number of hydrogen-bond acceptors (Lipinski definition) is 2. The highest BCUT2D eigenvalue weighted by atomic mass is 14.9. The molecule has 0 aliphatic heterocycles. The second kappa shape index (κ2) is 2.80. The number of rotatable bonds is 0. The summed E-state index contributed by atoms with van der Waals surface area (Å²) in [6.07, 6.45) is 1.91. The summed E-state index contributed by atoms with van der Waals surface area (Å²) < 4.78 is 0. The van der Waals surface area contributed by atoms with Crippen molar-refractivity contribution in [3.05, 3.63) is 23.8 Å². The highest BCUT2D eigenvalue weighted by Crippen LogP contribution is 2.26. The van der Waals surface area contributed by atoms with E-state index in [1.165, 1.54) is 0 Å². The highest BCUT2D eigenvalue weighted by molar-refractivity contribution is 5.78. The van der Waals surface area contributed by atoms with Crippen molar-refractivity contribution in [2.45, 2.75) is 33.1 Å². The second-order valence-electron chi connectivity index (χ2n) is 4.61. The highest BCUT2D eigenvalue weighted by Gasteiger charge is 2.19. The quantitative estimate of drug-likeness (QED) is 0.692. The van der Waals surface area contributed by atoms with Crippen molar-refractivity contribution in [1.29, 1.82) is 0 Å². The van der Waals surface area contributed by atoms with Crippen molar-refractivity contribution in [3.63, 3.8) is 0 Å². The molecule has 0 aliphatic carbocycles. The number of aryl methyl sites for hydroxylation is 1. The van der Waals surface area contributed by atoms with Crippen LogP contribution in [-0.4, -0.2) is 15.0 Å². The molecule has 0 spiro atoms. The SMILES string of the molecule is Cc1nc(C(C)(C)C)c2cc[nH]c2n1. The fraction of sp³-hybridized carbons (Fsp3) is 0.455. The first-order valence-electron chi connectivity index (χ1n) is 4.81. The van der Waals surface area contributed by atoms with Crippen molar-refractivity contribution < 1.29 is 0 Å². The van der Waals surface area contributed by atoms with Crippen LogP contribution < -0.4 is 0 Å². The van der Waals surface area contributed by atoms with Gasteiger partial charge in [0, 0.05) is 17.0 Å². The molecule has 2 aromatic rings. The summed E-state index contributed by atoms with van der Waals surface area (Å²) in [4.78, 5) is 12.0. The third-order valence-electron chi connectivity index (χ3n) is 2.24. The number of hydrogen-bond donors (Lipinski definition) is 1. The summed E-state index contributed by atoms with van der Waals surface area (Å²) in [7, 11) is 0. The number of aromatic nitrogens is 3. The third kappa shape index (κ3) is 1.39. The lowest BCUT2D eigenvalue weighted by molar-refractivity contribution is 0.572. The van der Waals surface area contributed by atoms with E-state index in [2.05, 4.69) is 35.7 Å². The Kier molecular flexibility index (Phi) is 1.84. The number of aromatic amines is 1. The Morgan fingerprint density at radius 1 is 1.21 bits per heavy atom. The zero-order valence-corrected chi connectivity index (χ0v) is 9.05. The Bertz CT molecular complexity index is 463. The van der Waals surface area contributed by atoms with Crippen molar-refractivity contribution in [2.75, 3.05) is 0 Å². The predicted molar refractivity (Wildman–Crippen MR) is 57.3 cm³/mol. The lowest BCUT2D eigenvalue weighted by Gasteiger charge is -2.18. The number of fused-ring (bicyclic) bond motifs is 1. The molecule has 3 nitrogen and oxygen atoms in total. The normalized spacial score (nSPS) is 12.3. The van der Waals surface area contributed by atoms with Gasteiger partial charge in [0.1, 0.15) is 11.5 Å². The van der Waals surface area contributed by atoms with Gasteiger partial charge in [-0.2, -0.15) is 0 Å². The third-order valence-corrected chi connectivity index (χ3v) is 2.24. The van der Waals surface area contributed by atoms with Crippen LogP contribution in [0.2, 0.25) is 0 Å². The Balaban J connectivity index is 2.80. The van der Waals surface area contributed by atoms with Gasteiger partial charge in [-0.15, -0.1) is 0 Å². The molecule has 0 aliphatic rings. The van der Waals surface area contributed by atoms with Gasteiger partial charge < -0.3 is 4.98 Å². The van der Waals surface area contributed by atoms with Gasteiger partial charge in [0.05, 0.1) is 5.69 Å². The molecular formula is C11H15N3. The molecule has 0 unspecified atom stereocenters. The van der Waals surface area contributed by atoms with Gasteiger partial charge in [-0.25, -0.2) is 9.97 Å². The van der Waals surface area contributed by atoms with Crippen LogP contribution in [0.4, 0.5) is 0 Å². The van der Waals surface area contributed by atoms with Gasteiger partial charge >= 0.3 is 0 Å². The summed E-state index contributed by atoms with van der Waals surface area (Å²) in [5.41, 5.74) is 2.11. The number of nitrogens with one attached hydrogen (secondary N) is 1. The van der Waals surface area contributed by atoms with Crippen LogP contribution >= 0.6 is 0 Å². The van der Waals surface area contributed by atoms with E-state index in [4.69, 9.17) is 0 Å². The molecule has 0 saturated carbocycles. The molecular weight excluding hydrogens is 174 g/mol. The van der Waals surface area contributed by atoms with E-state index in [1.54, 1.807) is 0 Å². The molecule has 0 amide bonds. The summed E-state index contributed by atoms with van der Waals surface area (Å²) in [5, 5.41) is 1.13. The van der Waals surface area contributed by atoms with Gasteiger partial charge in [0.25, 0.3) is 0 Å². The molecule has 0 saturated heterocycles. The van der Waals surface area contributed by atoms with Crippen LogP contribution in [0.15, 0.2) is 12.3 Å². The molecule has 0 bridgehead atoms. The van der Waals surface area contributed by atoms with Gasteiger partial charge in [0.15, 0.2) is 0 Å². The fourth-order valence-corrected chi connectivity index (χ4v) is 1.62. The average molecular weight is 189 g/mol. The van der Waals surface area contributed by atoms with Crippen LogP contribution in [0.5, 0.6) is 0 Å². The van der Waals surface area contributed by atoms with E-state index in [-0.39, 0.29) is 5.41 Å². The largest absolute Gasteiger partial charge is 0.346 e. The minimum absolute atomic E-state index is 0.0636. The minimum atomic E-state index is 0.0636. The first-order valence-corrected chi connectivity index (χ1v) is 4.81. The molecule has 0 aromatic carbocycles. The first-order chi connectivity index (χ1) is 6.48. The topological polar surface area (TPSA) is 41.6 Å². The molecule has 2 heterocycles. The lowest BCUT2D eigenvalue weighted by atomic mass is 9.90. The van der Waals surface area contributed by atoms with Gasteiger partial charge in [0.2, 0.25) is 0 Å². The zero-order chi connectivity index (χ0) is 10.3. The van der Waals surface area contributed by atoms with Crippen LogP contribution in [0.25, 0.3) is 11.0 Å². The summed E-state index contributed by atoms with van der Waals surface area (Å²) >= 11 is 0. The maximum atomic E-state index is 4.51. The Morgan fingerprint density at radius 2 is 1.93 bits per heavy atom. The molecule has 14 heavy (non-hydrogen) atoms. The maximum absolute atomic E-state index is 4.51. The predicted octanol–water partition coefficient (Wildman–Crippen LogP) is 2.56. The Morgan fingerprint density at radius 3 is 2.57 bits per heavy atom. The smallest absolute Gasteiger partial charge is 0.141 e. The monoisotopic (exact) mass is 189 g/mol. The van der Waals surface area contributed by atoms with Crippen LogP contribution in [0.1, 0.15) is 32.3 Å². The van der Waals surface area contributed by atoms with Crippen LogP contribution in [0, 0.1) is 6.92 Å². The summed E-state index contributed by atoms with van der Waals surface area (Å²) in [6, 6.07) is 2.04. The van der Waals surface area contributed by atoms with E-state index in [0.29, 0.717) is 0 Å². The summed E-state index contributed by atoms with van der Waals surface area (Å²) in [5.74, 6) is 0.824. The molecule has 2 aromatic heterocycles.